The highest BCUT2D eigenvalue weighted by Gasteiger charge is 2.06. The highest BCUT2D eigenvalue weighted by molar-refractivity contribution is 5.96. The third-order valence-corrected chi connectivity index (χ3v) is 2.24. The summed E-state index contributed by atoms with van der Waals surface area (Å²) in [7, 11) is 0. The number of nitrogens with two attached hydrogens (primary N) is 2. The summed E-state index contributed by atoms with van der Waals surface area (Å²) in [5.74, 6) is 0.369. The Bertz CT molecular complexity index is 552. The molecule has 2 aromatic rings. The lowest BCUT2D eigenvalue weighted by Crippen LogP contribution is -2.19. The lowest BCUT2D eigenvalue weighted by atomic mass is 10.1. The Kier molecular flexibility index (Phi) is 2.51. The molecule has 0 aromatic heterocycles. The van der Waals surface area contributed by atoms with E-state index < -0.39 is 0 Å². The Labute approximate surface area is 91.9 Å². The summed E-state index contributed by atoms with van der Waals surface area (Å²) < 4.78 is 5.06. The standard InChI is InChI=1S/C11H11N3O2/c12-10-8-4-2-1-3-7(8)5-6-9(10)16-11(13)14-15/h1-6,15H,12H2,(H2,13,14). The zero-order valence-electron chi connectivity index (χ0n) is 8.42. The fraction of sp³-hybridized carbons (Fsp3) is 0. The zero-order chi connectivity index (χ0) is 11.5. The minimum absolute atomic E-state index is 0.345. The van der Waals surface area contributed by atoms with Gasteiger partial charge in [0.05, 0.1) is 5.69 Å². The third-order valence-electron chi connectivity index (χ3n) is 2.24. The van der Waals surface area contributed by atoms with Gasteiger partial charge < -0.3 is 21.4 Å². The number of rotatable bonds is 1. The molecule has 0 saturated carbocycles. The molecule has 0 spiro atoms. The number of nitrogens with zero attached hydrogens (tertiary/aromatic N) is 1. The van der Waals surface area contributed by atoms with Gasteiger partial charge in [-0.05, 0) is 16.6 Å². The summed E-state index contributed by atoms with van der Waals surface area (Å²) in [6, 6.07) is 10.8. The molecular weight excluding hydrogens is 206 g/mol. The van der Waals surface area contributed by atoms with E-state index in [0.29, 0.717) is 11.4 Å². The van der Waals surface area contributed by atoms with Gasteiger partial charge in [-0.25, -0.2) is 0 Å². The summed E-state index contributed by atoms with van der Waals surface area (Å²) in [5.41, 5.74) is 11.6. The quantitative estimate of drug-likeness (QED) is 0.222. The molecule has 5 nitrogen and oxygen atoms in total. The summed E-state index contributed by atoms with van der Waals surface area (Å²) in [4.78, 5) is 0. The van der Waals surface area contributed by atoms with Crippen LogP contribution in [0.5, 0.6) is 5.75 Å². The highest BCUT2D eigenvalue weighted by atomic mass is 16.5. The third kappa shape index (κ3) is 1.70. The molecule has 0 heterocycles. The van der Waals surface area contributed by atoms with E-state index in [4.69, 9.17) is 21.4 Å². The Balaban J connectivity index is 2.52. The maximum absolute atomic E-state index is 8.40. The van der Waals surface area contributed by atoms with Crippen molar-refractivity contribution >= 4 is 22.5 Å². The molecule has 0 unspecified atom stereocenters. The number of amidine groups is 1. The summed E-state index contributed by atoms with van der Waals surface area (Å²) in [6.07, 6.45) is 0. The average molecular weight is 217 g/mol. The van der Waals surface area contributed by atoms with Gasteiger partial charge in [0.15, 0.2) is 5.75 Å². The van der Waals surface area contributed by atoms with E-state index >= 15 is 0 Å². The topological polar surface area (TPSA) is 93.9 Å². The Morgan fingerprint density at radius 3 is 2.69 bits per heavy atom. The maximum Gasteiger partial charge on any atom is 0.326 e. The van der Waals surface area contributed by atoms with Crippen LogP contribution in [0, 0.1) is 0 Å². The van der Waals surface area contributed by atoms with Crippen molar-refractivity contribution in [2.45, 2.75) is 0 Å². The maximum atomic E-state index is 8.40. The molecule has 2 aromatic carbocycles. The molecule has 0 atom stereocenters. The fourth-order valence-electron chi connectivity index (χ4n) is 1.50. The Morgan fingerprint density at radius 1 is 1.19 bits per heavy atom. The first-order valence-corrected chi connectivity index (χ1v) is 4.65. The van der Waals surface area contributed by atoms with Crippen molar-refractivity contribution in [1.29, 1.82) is 0 Å². The Morgan fingerprint density at radius 2 is 1.94 bits per heavy atom. The number of fused-ring (bicyclic) bond motifs is 1. The van der Waals surface area contributed by atoms with Crippen LogP contribution in [0.25, 0.3) is 10.8 Å². The molecule has 5 N–H and O–H groups in total. The van der Waals surface area contributed by atoms with Crippen LogP contribution in [-0.4, -0.2) is 11.2 Å². The predicted molar refractivity (Wildman–Crippen MR) is 62.4 cm³/mol. The molecule has 0 fully saturated rings. The lowest BCUT2D eigenvalue weighted by Gasteiger charge is -2.08. The second kappa shape index (κ2) is 3.98. The summed E-state index contributed by atoms with van der Waals surface area (Å²) in [5, 5.41) is 13.0. The Hall–Kier alpha value is -2.43. The van der Waals surface area contributed by atoms with Crippen molar-refractivity contribution in [1.82, 2.24) is 0 Å². The van der Waals surface area contributed by atoms with Gasteiger partial charge in [-0.2, -0.15) is 0 Å². The summed E-state index contributed by atoms with van der Waals surface area (Å²) >= 11 is 0. The van der Waals surface area contributed by atoms with Gasteiger partial charge in [-0.1, -0.05) is 30.3 Å². The van der Waals surface area contributed by atoms with E-state index in [1.54, 1.807) is 6.07 Å². The number of nitrogen functional groups attached to an aromatic ring is 1. The zero-order valence-corrected chi connectivity index (χ0v) is 8.42. The number of hydrogen-bond donors (Lipinski definition) is 3. The first kappa shape index (κ1) is 10.1. The monoisotopic (exact) mass is 217 g/mol. The molecule has 0 saturated heterocycles. The van der Waals surface area contributed by atoms with Crippen LogP contribution in [0.15, 0.2) is 41.6 Å². The number of anilines is 1. The van der Waals surface area contributed by atoms with Crippen LogP contribution < -0.4 is 16.2 Å². The van der Waals surface area contributed by atoms with Gasteiger partial charge in [0.1, 0.15) is 0 Å². The second-order valence-electron chi connectivity index (χ2n) is 3.24. The van der Waals surface area contributed by atoms with E-state index in [2.05, 4.69) is 5.16 Å². The molecule has 16 heavy (non-hydrogen) atoms. The van der Waals surface area contributed by atoms with Crippen LogP contribution in [0.1, 0.15) is 0 Å². The molecule has 0 aliphatic carbocycles. The molecular formula is C11H11N3O2. The molecule has 5 heteroatoms. The first-order chi connectivity index (χ1) is 7.72. The van der Waals surface area contributed by atoms with Crippen molar-refractivity contribution in [2.24, 2.45) is 10.9 Å². The minimum atomic E-state index is -0.345. The minimum Gasteiger partial charge on any atom is -0.422 e. The van der Waals surface area contributed by atoms with Crippen LogP contribution in [-0.2, 0) is 0 Å². The van der Waals surface area contributed by atoms with Crippen LogP contribution >= 0.6 is 0 Å². The van der Waals surface area contributed by atoms with Crippen molar-refractivity contribution < 1.29 is 9.94 Å². The van der Waals surface area contributed by atoms with Crippen molar-refractivity contribution in [3.05, 3.63) is 36.4 Å². The SMILES string of the molecule is NC(=NO)Oc1ccc2ccccc2c1N. The van der Waals surface area contributed by atoms with E-state index in [1.807, 2.05) is 30.3 Å². The van der Waals surface area contributed by atoms with E-state index in [0.717, 1.165) is 10.8 Å². The lowest BCUT2D eigenvalue weighted by molar-refractivity contribution is 0.302. The number of hydrogen-bond acceptors (Lipinski definition) is 4. The molecule has 82 valence electrons. The second-order valence-corrected chi connectivity index (χ2v) is 3.24. The van der Waals surface area contributed by atoms with Crippen LogP contribution in [0.4, 0.5) is 5.69 Å². The molecule has 2 rings (SSSR count). The first-order valence-electron chi connectivity index (χ1n) is 4.65. The number of benzene rings is 2. The molecule has 0 aliphatic heterocycles. The molecule has 0 aliphatic rings. The van der Waals surface area contributed by atoms with Crippen molar-refractivity contribution in [2.75, 3.05) is 5.73 Å². The van der Waals surface area contributed by atoms with Crippen LogP contribution in [0.3, 0.4) is 0 Å². The predicted octanol–water partition coefficient (Wildman–Crippen LogP) is 1.50. The van der Waals surface area contributed by atoms with E-state index in [1.165, 1.54) is 0 Å². The summed E-state index contributed by atoms with van der Waals surface area (Å²) in [6.45, 7) is 0. The van der Waals surface area contributed by atoms with Gasteiger partial charge in [0, 0.05) is 5.39 Å². The van der Waals surface area contributed by atoms with Crippen molar-refractivity contribution in [3.8, 4) is 5.75 Å². The number of ether oxygens (including phenoxy) is 1. The molecule has 0 amide bonds. The fourth-order valence-corrected chi connectivity index (χ4v) is 1.50. The van der Waals surface area contributed by atoms with Gasteiger partial charge >= 0.3 is 6.02 Å². The van der Waals surface area contributed by atoms with E-state index in [9.17, 15) is 0 Å². The van der Waals surface area contributed by atoms with Gasteiger partial charge in [-0.3, -0.25) is 0 Å². The van der Waals surface area contributed by atoms with Gasteiger partial charge in [0.2, 0.25) is 0 Å². The average Bonchev–Trinajstić information content (AvgIpc) is 2.33. The molecule has 0 bridgehead atoms. The largest absolute Gasteiger partial charge is 0.422 e. The number of oxime groups is 1. The van der Waals surface area contributed by atoms with Gasteiger partial charge in [0.25, 0.3) is 0 Å². The molecule has 0 radical (unpaired) electrons. The van der Waals surface area contributed by atoms with Crippen LogP contribution in [0.2, 0.25) is 0 Å². The normalized spacial score (nSPS) is 11.6. The van der Waals surface area contributed by atoms with E-state index in [-0.39, 0.29) is 6.02 Å². The van der Waals surface area contributed by atoms with Crippen molar-refractivity contribution in [3.63, 3.8) is 0 Å². The smallest absolute Gasteiger partial charge is 0.326 e. The van der Waals surface area contributed by atoms with Gasteiger partial charge in [-0.15, -0.1) is 0 Å². The highest BCUT2D eigenvalue weighted by Crippen LogP contribution is 2.30.